The number of nitrogens with one attached hydrogen (secondary N) is 1. The van der Waals surface area contributed by atoms with Crippen LogP contribution in [-0.4, -0.2) is 37.1 Å². The lowest BCUT2D eigenvalue weighted by Gasteiger charge is -2.11. The van der Waals surface area contributed by atoms with E-state index >= 15 is 0 Å². The third-order valence-electron chi connectivity index (χ3n) is 3.37. The Balaban J connectivity index is 2.08. The minimum atomic E-state index is -1.03. The van der Waals surface area contributed by atoms with Crippen LogP contribution in [0, 0.1) is 10.1 Å². The highest BCUT2D eigenvalue weighted by Crippen LogP contribution is 2.35. The summed E-state index contributed by atoms with van der Waals surface area (Å²) in [4.78, 5) is 34.5. The molecule has 0 radical (unpaired) electrons. The van der Waals surface area contributed by atoms with Crippen molar-refractivity contribution in [2.45, 2.75) is 13.5 Å². The average Bonchev–Trinajstić information content (AvgIpc) is 3.17. The van der Waals surface area contributed by atoms with Gasteiger partial charge in [-0.1, -0.05) is 0 Å². The summed E-state index contributed by atoms with van der Waals surface area (Å²) in [7, 11) is 1.32. The second-order valence-electron chi connectivity index (χ2n) is 5.14. The zero-order valence-electron chi connectivity index (χ0n) is 14.7. The highest BCUT2D eigenvalue weighted by molar-refractivity contribution is 5.96. The van der Waals surface area contributed by atoms with Crippen molar-refractivity contribution in [2.24, 2.45) is 0 Å². The summed E-state index contributed by atoms with van der Waals surface area (Å²) in [6.07, 6.45) is 1.46. The van der Waals surface area contributed by atoms with Gasteiger partial charge in [-0.25, -0.2) is 4.79 Å². The maximum absolute atomic E-state index is 12.2. The van der Waals surface area contributed by atoms with Gasteiger partial charge in [0, 0.05) is 6.07 Å². The van der Waals surface area contributed by atoms with E-state index in [0.29, 0.717) is 5.76 Å². The van der Waals surface area contributed by atoms with Crippen molar-refractivity contribution >= 4 is 17.6 Å². The molecule has 0 fully saturated rings. The lowest BCUT2D eigenvalue weighted by atomic mass is 10.1. The van der Waals surface area contributed by atoms with E-state index in [0.717, 1.165) is 12.1 Å². The molecule has 0 aliphatic rings. The molecule has 0 aliphatic carbocycles. The van der Waals surface area contributed by atoms with Crippen molar-refractivity contribution in [2.75, 3.05) is 20.3 Å². The predicted octanol–water partition coefficient (Wildman–Crippen LogP) is 2.07. The summed E-state index contributed by atoms with van der Waals surface area (Å²) >= 11 is 0. The van der Waals surface area contributed by atoms with Crippen LogP contribution in [0.5, 0.6) is 11.5 Å². The van der Waals surface area contributed by atoms with E-state index in [-0.39, 0.29) is 30.2 Å². The normalized spacial score (nSPS) is 10.1. The molecule has 0 unspecified atom stereocenters. The number of nitro benzene ring substituents is 1. The van der Waals surface area contributed by atoms with Gasteiger partial charge in [-0.15, -0.1) is 0 Å². The molecule has 1 aromatic heterocycles. The zero-order chi connectivity index (χ0) is 19.8. The molecule has 144 valence electrons. The first kappa shape index (κ1) is 19.8. The number of furan rings is 1. The van der Waals surface area contributed by atoms with Gasteiger partial charge < -0.3 is 23.9 Å². The largest absolute Gasteiger partial charge is 0.493 e. The number of nitro groups is 1. The maximum Gasteiger partial charge on any atom is 0.345 e. The van der Waals surface area contributed by atoms with Gasteiger partial charge in [-0.05, 0) is 19.1 Å². The minimum Gasteiger partial charge on any atom is -0.493 e. The zero-order valence-corrected chi connectivity index (χ0v) is 14.7. The summed E-state index contributed by atoms with van der Waals surface area (Å²) < 4.78 is 20.3. The number of hydrogen-bond donors (Lipinski definition) is 1. The van der Waals surface area contributed by atoms with Crippen molar-refractivity contribution < 1.29 is 33.1 Å². The Morgan fingerprint density at radius 3 is 2.67 bits per heavy atom. The van der Waals surface area contributed by atoms with E-state index < -0.39 is 29.1 Å². The Morgan fingerprint density at radius 1 is 1.30 bits per heavy atom. The Labute approximate surface area is 154 Å². The van der Waals surface area contributed by atoms with Crippen LogP contribution in [0.15, 0.2) is 34.9 Å². The Morgan fingerprint density at radius 2 is 2.07 bits per heavy atom. The van der Waals surface area contributed by atoms with Crippen molar-refractivity contribution in [1.82, 2.24) is 5.32 Å². The summed E-state index contributed by atoms with van der Waals surface area (Å²) in [6.45, 7) is 1.49. The molecule has 0 spiro atoms. The quantitative estimate of drug-likeness (QED) is 0.399. The first-order chi connectivity index (χ1) is 13.0. The first-order valence-electron chi connectivity index (χ1n) is 7.91. The number of esters is 1. The van der Waals surface area contributed by atoms with Crippen LogP contribution in [0.2, 0.25) is 0 Å². The smallest absolute Gasteiger partial charge is 0.345 e. The molecule has 1 N–H and O–H groups in total. The van der Waals surface area contributed by atoms with E-state index in [9.17, 15) is 19.7 Å². The first-order valence-corrected chi connectivity index (χ1v) is 7.91. The van der Waals surface area contributed by atoms with E-state index in [2.05, 4.69) is 5.32 Å². The fourth-order valence-electron chi connectivity index (χ4n) is 2.15. The van der Waals surface area contributed by atoms with Gasteiger partial charge in [0.25, 0.3) is 11.6 Å². The van der Waals surface area contributed by atoms with Crippen LogP contribution < -0.4 is 14.8 Å². The molecule has 2 aromatic rings. The molecule has 1 heterocycles. The predicted molar refractivity (Wildman–Crippen MR) is 91.7 cm³/mol. The standard InChI is InChI=1S/C17H18N2O8/c1-3-25-15-7-12(13(19(22)23)8-14(15)24-2)17(21)27-10-16(20)18-9-11-5-4-6-26-11/h4-8H,3,9-10H2,1-2H3,(H,18,20). The average molecular weight is 378 g/mol. The summed E-state index contributed by atoms with van der Waals surface area (Å²) in [5.41, 5.74) is -0.862. The number of nitrogens with zero attached hydrogens (tertiary/aromatic N) is 1. The summed E-state index contributed by atoms with van der Waals surface area (Å²) in [5, 5.41) is 13.7. The molecule has 27 heavy (non-hydrogen) atoms. The number of amides is 1. The fraction of sp³-hybridized carbons (Fsp3) is 0.294. The number of carbonyl (C=O) groups is 2. The van der Waals surface area contributed by atoms with Gasteiger partial charge in [0.15, 0.2) is 18.1 Å². The molecule has 2 rings (SSSR count). The lowest BCUT2D eigenvalue weighted by molar-refractivity contribution is -0.385. The van der Waals surface area contributed by atoms with Gasteiger partial charge in [0.1, 0.15) is 11.3 Å². The third-order valence-corrected chi connectivity index (χ3v) is 3.37. The van der Waals surface area contributed by atoms with Gasteiger partial charge in [-0.3, -0.25) is 14.9 Å². The number of ether oxygens (including phenoxy) is 3. The molecular weight excluding hydrogens is 360 g/mol. The summed E-state index contributed by atoms with van der Waals surface area (Å²) in [5.74, 6) is -0.822. The van der Waals surface area contributed by atoms with E-state index in [1.165, 1.54) is 13.4 Å². The van der Waals surface area contributed by atoms with Crippen molar-refractivity contribution in [3.8, 4) is 11.5 Å². The minimum absolute atomic E-state index is 0.108. The highest BCUT2D eigenvalue weighted by Gasteiger charge is 2.26. The molecule has 0 atom stereocenters. The van der Waals surface area contributed by atoms with Gasteiger partial charge in [0.2, 0.25) is 0 Å². The number of rotatable bonds is 9. The molecule has 1 aromatic carbocycles. The van der Waals surface area contributed by atoms with E-state index in [4.69, 9.17) is 18.6 Å². The van der Waals surface area contributed by atoms with E-state index in [1.54, 1.807) is 19.1 Å². The molecule has 0 saturated heterocycles. The number of benzene rings is 1. The van der Waals surface area contributed by atoms with Crippen LogP contribution in [0.25, 0.3) is 0 Å². The van der Waals surface area contributed by atoms with E-state index in [1.807, 2.05) is 0 Å². The van der Waals surface area contributed by atoms with Crippen LogP contribution in [-0.2, 0) is 16.1 Å². The summed E-state index contributed by atoms with van der Waals surface area (Å²) in [6, 6.07) is 5.56. The van der Waals surface area contributed by atoms with Crippen LogP contribution in [0.4, 0.5) is 5.69 Å². The van der Waals surface area contributed by atoms with Crippen LogP contribution >= 0.6 is 0 Å². The van der Waals surface area contributed by atoms with Gasteiger partial charge >= 0.3 is 5.97 Å². The highest BCUT2D eigenvalue weighted by atomic mass is 16.6. The van der Waals surface area contributed by atoms with Crippen molar-refractivity contribution in [1.29, 1.82) is 0 Å². The Kier molecular flexibility index (Phi) is 6.75. The molecule has 0 saturated carbocycles. The number of carbonyl (C=O) groups excluding carboxylic acids is 2. The Bertz CT molecular complexity index is 817. The fourth-order valence-corrected chi connectivity index (χ4v) is 2.15. The number of hydrogen-bond acceptors (Lipinski definition) is 8. The lowest BCUT2D eigenvalue weighted by Crippen LogP contribution is -2.28. The molecule has 0 bridgehead atoms. The third kappa shape index (κ3) is 5.21. The second kappa shape index (κ2) is 9.22. The maximum atomic E-state index is 12.2. The molecular formula is C17H18N2O8. The van der Waals surface area contributed by atoms with Crippen molar-refractivity contribution in [3.63, 3.8) is 0 Å². The second-order valence-corrected chi connectivity index (χ2v) is 5.14. The van der Waals surface area contributed by atoms with Crippen molar-refractivity contribution in [3.05, 3.63) is 52.0 Å². The SMILES string of the molecule is CCOc1cc(C(=O)OCC(=O)NCc2ccco2)c([N+](=O)[O-])cc1OC. The Hall–Kier alpha value is -3.56. The topological polar surface area (TPSA) is 130 Å². The van der Waals surface area contributed by atoms with Crippen LogP contribution in [0.1, 0.15) is 23.0 Å². The molecule has 10 heteroatoms. The van der Waals surface area contributed by atoms with Gasteiger partial charge in [-0.2, -0.15) is 0 Å². The van der Waals surface area contributed by atoms with Gasteiger partial charge in [0.05, 0.1) is 37.5 Å². The molecule has 1 amide bonds. The number of methoxy groups -OCH3 is 1. The molecule has 10 nitrogen and oxygen atoms in total. The monoisotopic (exact) mass is 378 g/mol. The van der Waals surface area contributed by atoms with Crippen LogP contribution in [0.3, 0.4) is 0 Å². The molecule has 0 aliphatic heterocycles.